The molecule has 2 atom stereocenters. The molecule has 7 heteroatoms. The van der Waals surface area contributed by atoms with Gasteiger partial charge in [0.25, 0.3) is 5.91 Å². The minimum absolute atomic E-state index is 0.437. The first-order valence-corrected chi connectivity index (χ1v) is 8.91. The summed E-state index contributed by atoms with van der Waals surface area (Å²) < 4.78 is 9.75. The molecule has 1 heterocycles. The number of nitrogens with zero attached hydrogens (tertiary/aromatic N) is 1. The van der Waals surface area contributed by atoms with Crippen molar-refractivity contribution in [3.63, 3.8) is 0 Å². The molecule has 27 heavy (non-hydrogen) atoms. The summed E-state index contributed by atoms with van der Waals surface area (Å²) in [7, 11) is 1.15. The smallest absolute Gasteiger partial charge is 0.413 e. The number of imide groups is 1. The monoisotopic (exact) mass is 370 g/mol. The van der Waals surface area contributed by atoms with Gasteiger partial charge in [-0.05, 0) is 43.7 Å². The summed E-state index contributed by atoms with van der Waals surface area (Å²) in [5.74, 6) is -0.894. The van der Waals surface area contributed by atoms with Gasteiger partial charge in [0.15, 0.2) is 6.10 Å². The molecule has 142 valence electrons. The van der Waals surface area contributed by atoms with Crippen LogP contribution in [0.2, 0.25) is 0 Å². The van der Waals surface area contributed by atoms with Crippen LogP contribution in [0.1, 0.15) is 41.9 Å². The average molecular weight is 370 g/mol. The van der Waals surface area contributed by atoms with Crippen molar-refractivity contribution in [2.75, 3.05) is 7.11 Å². The fraction of sp³-hybridized carbons (Fsp3) is 0.400. The number of hydrogen-bond donors (Lipinski definition) is 1. The Bertz CT molecular complexity index is 909. The lowest BCUT2D eigenvalue weighted by Crippen LogP contribution is -2.39. The molecular formula is C20H22N2O5. The van der Waals surface area contributed by atoms with Crippen LogP contribution >= 0.6 is 0 Å². The molecule has 3 rings (SSSR count). The molecule has 0 aliphatic heterocycles. The number of rotatable bonds is 3. The number of esters is 1. The first-order valence-electron chi connectivity index (χ1n) is 8.91. The third-order valence-corrected chi connectivity index (χ3v) is 4.77. The van der Waals surface area contributed by atoms with Crippen LogP contribution in [0, 0.1) is 5.92 Å². The van der Waals surface area contributed by atoms with Crippen molar-refractivity contribution >= 4 is 28.9 Å². The highest BCUT2D eigenvalue weighted by Gasteiger charge is 2.28. The highest BCUT2D eigenvalue weighted by molar-refractivity contribution is 6.06. The van der Waals surface area contributed by atoms with Gasteiger partial charge < -0.3 is 9.47 Å². The maximum Gasteiger partial charge on any atom is 0.413 e. The van der Waals surface area contributed by atoms with Gasteiger partial charge in [-0.2, -0.15) is 0 Å². The van der Waals surface area contributed by atoms with Gasteiger partial charge in [-0.3, -0.25) is 15.1 Å². The molecule has 0 radical (unpaired) electrons. The van der Waals surface area contributed by atoms with Crippen LogP contribution in [-0.4, -0.2) is 36.2 Å². The van der Waals surface area contributed by atoms with Gasteiger partial charge in [0.1, 0.15) is 0 Å². The average Bonchev–Trinajstić information content (AvgIpc) is 2.65. The zero-order chi connectivity index (χ0) is 19.6. The number of alkyl carbamates (subject to hydrolysis) is 1. The molecule has 1 aliphatic carbocycles. The van der Waals surface area contributed by atoms with Crippen molar-refractivity contribution in [1.82, 2.24) is 10.3 Å². The fourth-order valence-electron chi connectivity index (χ4n) is 3.32. The Kier molecular flexibility index (Phi) is 5.39. The molecule has 1 N–H and O–H groups in total. The number of nitrogens with one attached hydrogen (secondary N) is 1. The minimum atomic E-state index is -1.14. The van der Waals surface area contributed by atoms with Crippen LogP contribution < -0.4 is 5.32 Å². The number of fused-ring (bicyclic) bond motifs is 2. The third-order valence-electron chi connectivity index (χ3n) is 4.77. The summed E-state index contributed by atoms with van der Waals surface area (Å²) in [5.41, 5.74) is 2.98. The number of para-hydroxylation sites is 1. The zero-order valence-corrected chi connectivity index (χ0v) is 15.6. The summed E-state index contributed by atoms with van der Waals surface area (Å²) in [4.78, 5) is 40.8. The summed E-state index contributed by atoms with van der Waals surface area (Å²) >= 11 is 0. The van der Waals surface area contributed by atoms with E-state index in [1.54, 1.807) is 0 Å². The minimum Gasteiger partial charge on any atom is -0.453 e. The predicted octanol–water partition coefficient (Wildman–Crippen LogP) is 2.79. The summed E-state index contributed by atoms with van der Waals surface area (Å²) in [5, 5.41) is 2.71. The summed E-state index contributed by atoms with van der Waals surface area (Å²) in [6.45, 7) is 3.55. The van der Waals surface area contributed by atoms with Gasteiger partial charge in [0, 0.05) is 11.1 Å². The predicted molar refractivity (Wildman–Crippen MR) is 98.4 cm³/mol. The quantitative estimate of drug-likeness (QED) is 0.835. The topological polar surface area (TPSA) is 94.6 Å². The standard InChI is InChI=1S/C20H22N2O5/c1-11-8-9-16-14(10-11)17(13-6-4-5-7-15(13)21-16)19(24)27-12(2)18(23)22-20(25)26-3/h4-7,11-12H,8-10H2,1-3H3,(H,22,23,25)/t11-,12+/m1/s1. The Hall–Kier alpha value is -2.96. The van der Waals surface area contributed by atoms with Crippen molar-refractivity contribution in [3.8, 4) is 0 Å². The molecule has 0 fully saturated rings. The normalized spacial score (nSPS) is 16.9. The van der Waals surface area contributed by atoms with Gasteiger partial charge >= 0.3 is 12.1 Å². The zero-order valence-electron chi connectivity index (χ0n) is 15.6. The second-order valence-corrected chi connectivity index (χ2v) is 6.81. The van der Waals surface area contributed by atoms with Crippen LogP contribution in [0.3, 0.4) is 0 Å². The van der Waals surface area contributed by atoms with Crippen LogP contribution in [-0.2, 0) is 27.1 Å². The number of methoxy groups -OCH3 is 1. The van der Waals surface area contributed by atoms with Crippen LogP contribution in [0.5, 0.6) is 0 Å². The highest BCUT2D eigenvalue weighted by atomic mass is 16.6. The van der Waals surface area contributed by atoms with E-state index in [1.807, 2.05) is 29.6 Å². The maximum absolute atomic E-state index is 13.0. The van der Waals surface area contributed by atoms with E-state index in [0.717, 1.165) is 43.1 Å². The second kappa shape index (κ2) is 7.73. The van der Waals surface area contributed by atoms with Gasteiger partial charge in [-0.1, -0.05) is 25.1 Å². The Morgan fingerprint density at radius 3 is 2.74 bits per heavy atom. The van der Waals surface area contributed by atoms with E-state index in [1.165, 1.54) is 6.92 Å². The SMILES string of the molecule is COC(=O)NC(=O)[C@H](C)OC(=O)c1c2c(nc3ccccc13)CC[C@@H](C)C2. The van der Waals surface area contributed by atoms with Crippen LogP contribution in [0.15, 0.2) is 24.3 Å². The lowest BCUT2D eigenvalue weighted by molar-refractivity contribution is -0.128. The van der Waals surface area contributed by atoms with Crippen molar-refractivity contribution < 1.29 is 23.9 Å². The van der Waals surface area contributed by atoms with Crippen LogP contribution in [0.25, 0.3) is 10.9 Å². The van der Waals surface area contributed by atoms with Crippen molar-refractivity contribution in [3.05, 3.63) is 41.1 Å². The number of aromatic nitrogens is 1. The lowest BCUT2D eigenvalue weighted by atomic mass is 9.84. The molecule has 2 amide bonds. The third kappa shape index (κ3) is 3.92. The maximum atomic E-state index is 13.0. The molecule has 0 saturated heterocycles. The summed E-state index contributed by atoms with van der Waals surface area (Å²) in [6.07, 6.45) is 0.522. The molecule has 0 unspecified atom stereocenters. The first-order chi connectivity index (χ1) is 12.9. The molecule has 0 saturated carbocycles. The van der Waals surface area contributed by atoms with Gasteiger partial charge in [0.2, 0.25) is 0 Å². The van der Waals surface area contributed by atoms with E-state index in [9.17, 15) is 14.4 Å². The number of ether oxygens (including phenoxy) is 2. The molecule has 7 nitrogen and oxygen atoms in total. The molecular weight excluding hydrogens is 348 g/mol. The van der Waals surface area contributed by atoms with E-state index >= 15 is 0 Å². The van der Waals surface area contributed by atoms with E-state index < -0.39 is 24.1 Å². The number of carbonyl (C=O) groups is 3. The number of benzene rings is 1. The molecule has 0 bridgehead atoms. The van der Waals surface area contributed by atoms with Gasteiger partial charge in [-0.15, -0.1) is 0 Å². The number of amides is 2. The number of hydrogen-bond acceptors (Lipinski definition) is 6. The molecule has 2 aromatic rings. The lowest BCUT2D eigenvalue weighted by Gasteiger charge is -2.24. The summed E-state index contributed by atoms with van der Waals surface area (Å²) in [6, 6.07) is 7.40. The number of pyridine rings is 1. The van der Waals surface area contributed by atoms with E-state index in [-0.39, 0.29) is 0 Å². The molecule has 1 aromatic carbocycles. The van der Waals surface area contributed by atoms with Crippen molar-refractivity contribution in [2.24, 2.45) is 5.92 Å². The van der Waals surface area contributed by atoms with Gasteiger partial charge in [0.05, 0.1) is 18.2 Å². The van der Waals surface area contributed by atoms with E-state index in [2.05, 4.69) is 11.7 Å². The van der Waals surface area contributed by atoms with E-state index in [0.29, 0.717) is 16.9 Å². The molecule has 1 aromatic heterocycles. The van der Waals surface area contributed by atoms with Crippen LogP contribution in [0.4, 0.5) is 4.79 Å². The first kappa shape index (κ1) is 18.8. The van der Waals surface area contributed by atoms with Crippen molar-refractivity contribution in [2.45, 2.75) is 39.2 Å². The second-order valence-electron chi connectivity index (χ2n) is 6.81. The molecule has 1 aliphatic rings. The number of aryl methyl sites for hydroxylation is 1. The van der Waals surface area contributed by atoms with E-state index in [4.69, 9.17) is 9.72 Å². The van der Waals surface area contributed by atoms with Crippen molar-refractivity contribution in [1.29, 1.82) is 0 Å². The Labute approximate surface area is 157 Å². The Morgan fingerprint density at radius 1 is 1.26 bits per heavy atom. The van der Waals surface area contributed by atoms with Gasteiger partial charge in [-0.25, -0.2) is 9.59 Å². The Balaban J connectivity index is 1.95. The Morgan fingerprint density at radius 2 is 2.00 bits per heavy atom. The highest BCUT2D eigenvalue weighted by Crippen LogP contribution is 2.32. The largest absolute Gasteiger partial charge is 0.453 e. The fourth-order valence-corrected chi connectivity index (χ4v) is 3.32. The number of carbonyl (C=O) groups excluding carboxylic acids is 3. The molecule has 0 spiro atoms.